The molecule has 110 valence electrons. The zero-order valence-electron chi connectivity index (χ0n) is 10.4. The molecule has 21 heavy (non-hydrogen) atoms. The highest BCUT2D eigenvalue weighted by Crippen LogP contribution is 2.33. The van der Waals surface area contributed by atoms with Gasteiger partial charge in [0.25, 0.3) is 5.56 Å². The first-order valence-corrected chi connectivity index (χ1v) is 6.59. The lowest BCUT2D eigenvalue weighted by Crippen LogP contribution is -2.17. The molecule has 0 saturated heterocycles. The SMILES string of the molecule is COc1c(Cl)ccc(-c2nc(C(=O)O)c(Br)c(=O)[nH]2)c1F. The lowest BCUT2D eigenvalue weighted by molar-refractivity contribution is 0.0689. The smallest absolute Gasteiger partial charge is 0.355 e. The van der Waals surface area contributed by atoms with Crippen molar-refractivity contribution in [1.29, 1.82) is 0 Å². The van der Waals surface area contributed by atoms with Gasteiger partial charge in [-0.3, -0.25) is 4.79 Å². The Labute approximate surface area is 130 Å². The summed E-state index contributed by atoms with van der Waals surface area (Å²) in [7, 11) is 1.23. The van der Waals surface area contributed by atoms with Crippen molar-refractivity contribution in [1.82, 2.24) is 9.97 Å². The molecule has 0 spiro atoms. The maximum absolute atomic E-state index is 14.3. The van der Waals surface area contributed by atoms with Crippen molar-refractivity contribution >= 4 is 33.5 Å². The molecular formula is C12H7BrClFN2O4. The number of H-pyrrole nitrogens is 1. The van der Waals surface area contributed by atoms with Crippen LogP contribution in [0.1, 0.15) is 10.5 Å². The standard InChI is InChI=1S/C12H7BrClFN2O4/c1-21-9-5(14)3-2-4(7(9)15)10-16-8(12(19)20)6(13)11(18)17-10/h2-3H,1H3,(H,19,20)(H,16,17,18). The van der Waals surface area contributed by atoms with E-state index in [0.29, 0.717) is 0 Å². The maximum atomic E-state index is 14.3. The molecule has 6 nitrogen and oxygen atoms in total. The Kier molecular flexibility index (Phi) is 4.29. The van der Waals surface area contributed by atoms with Crippen LogP contribution in [0.25, 0.3) is 11.4 Å². The minimum Gasteiger partial charge on any atom is -0.492 e. The predicted octanol–water partition coefficient (Wildman–Crippen LogP) is 2.70. The first-order valence-electron chi connectivity index (χ1n) is 5.42. The molecule has 1 aromatic carbocycles. The number of hydrogen-bond acceptors (Lipinski definition) is 4. The highest BCUT2D eigenvalue weighted by Gasteiger charge is 2.20. The number of rotatable bonds is 3. The molecule has 2 N–H and O–H groups in total. The van der Waals surface area contributed by atoms with E-state index < -0.39 is 23.0 Å². The molecule has 2 rings (SSSR count). The number of carboxylic acid groups (broad SMARTS) is 1. The van der Waals surface area contributed by atoms with E-state index in [1.165, 1.54) is 19.2 Å². The highest BCUT2D eigenvalue weighted by atomic mass is 79.9. The first-order chi connectivity index (χ1) is 9.86. The normalized spacial score (nSPS) is 10.5. The van der Waals surface area contributed by atoms with Gasteiger partial charge in [0.05, 0.1) is 17.7 Å². The second kappa shape index (κ2) is 5.82. The second-order valence-corrected chi connectivity index (χ2v) is 5.02. The third-order valence-corrected chi connectivity index (χ3v) is 3.61. The minimum absolute atomic E-state index is 0.0386. The van der Waals surface area contributed by atoms with E-state index in [1.54, 1.807) is 0 Å². The van der Waals surface area contributed by atoms with E-state index in [1.807, 2.05) is 0 Å². The topological polar surface area (TPSA) is 92.3 Å². The zero-order valence-corrected chi connectivity index (χ0v) is 12.7. The molecular weight excluding hydrogens is 370 g/mol. The van der Waals surface area contributed by atoms with Crippen molar-refractivity contribution < 1.29 is 19.0 Å². The molecule has 2 aromatic rings. The van der Waals surface area contributed by atoms with Gasteiger partial charge in [-0.25, -0.2) is 14.2 Å². The number of methoxy groups -OCH3 is 1. The molecule has 1 aromatic heterocycles. The monoisotopic (exact) mass is 376 g/mol. The molecule has 0 amide bonds. The molecule has 0 aliphatic rings. The Bertz CT molecular complexity index is 794. The van der Waals surface area contributed by atoms with Gasteiger partial charge in [-0.05, 0) is 28.1 Å². The summed E-state index contributed by atoms with van der Waals surface area (Å²) in [5.41, 5.74) is -1.41. The summed E-state index contributed by atoms with van der Waals surface area (Å²) in [4.78, 5) is 28.7. The van der Waals surface area contributed by atoms with E-state index in [2.05, 4.69) is 25.9 Å². The summed E-state index contributed by atoms with van der Waals surface area (Å²) in [5.74, 6) is -2.74. The molecule has 0 unspecified atom stereocenters. The van der Waals surface area contributed by atoms with Gasteiger partial charge in [-0.15, -0.1) is 0 Å². The lowest BCUT2D eigenvalue weighted by Gasteiger charge is -2.09. The lowest BCUT2D eigenvalue weighted by atomic mass is 10.1. The van der Waals surface area contributed by atoms with Crippen molar-refractivity contribution in [3.05, 3.63) is 43.5 Å². The first kappa shape index (κ1) is 15.5. The number of nitrogens with zero attached hydrogens (tertiary/aromatic N) is 1. The summed E-state index contributed by atoms with van der Waals surface area (Å²) in [6.45, 7) is 0. The Balaban J connectivity index is 2.74. The Morgan fingerprint density at radius 3 is 2.76 bits per heavy atom. The number of benzene rings is 1. The van der Waals surface area contributed by atoms with Crippen LogP contribution in [0.3, 0.4) is 0 Å². The van der Waals surface area contributed by atoms with Crippen LogP contribution in [-0.2, 0) is 0 Å². The zero-order chi connectivity index (χ0) is 15.7. The molecule has 0 saturated carbocycles. The second-order valence-electron chi connectivity index (χ2n) is 3.82. The van der Waals surface area contributed by atoms with Crippen LogP contribution in [0, 0.1) is 5.82 Å². The predicted molar refractivity (Wildman–Crippen MR) is 76.5 cm³/mol. The van der Waals surface area contributed by atoms with Gasteiger partial charge in [-0.2, -0.15) is 0 Å². The fraction of sp³-hybridized carbons (Fsp3) is 0.0833. The molecule has 0 fully saturated rings. The van der Waals surface area contributed by atoms with Crippen LogP contribution >= 0.6 is 27.5 Å². The van der Waals surface area contributed by atoms with Gasteiger partial charge in [0.2, 0.25) is 0 Å². The Morgan fingerprint density at radius 1 is 1.52 bits per heavy atom. The molecule has 0 radical (unpaired) electrons. The van der Waals surface area contributed by atoms with E-state index >= 15 is 0 Å². The Hall–Kier alpha value is -1.93. The third kappa shape index (κ3) is 2.77. The van der Waals surface area contributed by atoms with Crippen LogP contribution in [-0.4, -0.2) is 28.2 Å². The molecule has 0 aliphatic heterocycles. The fourth-order valence-electron chi connectivity index (χ4n) is 1.63. The van der Waals surface area contributed by atoms with Gasteiger partial charge in [-0.1, -0.05) is 11.6 Å². The van der Waals surface area contributed by atoms with Crippen LogP contribution in [0.5, 0.6) is 5.75 Å². The number of nitrogens with one attached hydrogen (secondary N) is 1. The summed E-state index contributed by atoms with van der Waals surface area (Å²) < 4.78 is 18.8. The van der Waals surface area contributed by atoms with Gasteiger partial charge < -0.3 is 14.8 Å². The number of hydrogen-bond donors (Lipinski definition) is 2. The van der Waals surface area contributed by atoms with Gasteiger partial charge in [0.15, 0.2) is 17.3 Å². The van der Waals surface area contributed by atoms with Gasteiger partial charge in [0, 0.05) is 0 Å². The van der Waals surface area contributed by atoms with Crippen molar-refractivity contribution in [3.63, 3.8) is 0 Å². The summed E-state index contributed by atoms with van der Waals surface area (Å²) in [5, 5.41) is 9.03. The van der Waals surface area contributed by atoms with E-state index in [0.717, 1.165) is 0 Å². The van der Waals surface area contributed by atoms with Crippen molar-refractivity contribution in [2.75, 3.05) is 7.11 Å². The molecule has 0 atom stereocenters. The van der Waals surface area contributed by atoms with Crippen molar-refractivity contribution in [2.24, 2.45) is 0 Å². The fourth-order valence-corrected chi connectivity index (χ4v) is 2.21. The van der Waals surface area contributed by atoms with Crippen molar-refractivity contribution in [2.45, 2.75) is 0 Å². The van der Waals surface area contributed by atoms with Crippen LogP contribution in [0.2, 0.25) is 5.02 Å². The number of aromatic carboxylic acids is 1. The van der Waals surface area contributed by atoms with Crippen LogP contribution in [0.15, 0.2) is 21.4 Å². The largest absolute Gasteiger partial charge is 0.492 e. The summed E-state index contributed by atoms with van der Waals surface area (Å²) in [6.07, 6.45) is 0. The number of halogens is 3. The highest BCUT2D eigenvalue weighted by molar-refractivity contribution is 9.10. The van der Waals surface area contributed by atoms with E-state index in [9.17, 15) is 14.0 Å². The third-order valence-electron chi connectivity index (χ3n) is 2.57. The average molecular weight is 378 g/mol. The molecule has 0 bridgehead atoms. The summed E-state index contributed by atoms with van der Waals surface area (Å²) >= 11 is 8.59. The van der Waals surface area contributed by atoms with Gasteiger partial charge >= 0.3 is 5.97 Å². The maximum Gasteiger partial charge on any atom is 0.355 e. The van der Waals surface area contributed by atoms with Gasteiger partial charge in [0.1, 0.15) is 10.3 Å². The van der Waals surface area contributed by atoms with Crippen LogP contribution in [0.4, 0.5) is 4.39 Å². The van der Waals surface area contributed by atoms with E-state index in [4.69, 9.17) is 21.4 Å². The van der Waals surface area contributed by atoms with Crippen LogP contribution < -0.4 is 10.3 Å². The van der Waals surface area contributed by atoms with Crippen molar-refractivity contribution in [3.8, 4) is 17.1 Å². The Morgan fingerprint density at radius 2 is 2.19 bits per heavy atom. The summed E-state index contributed by atoms with van der Waals surface area (Å²) in [6, 6.07) is 2.61. The molecule has 1 heterocycles. The molecule has 0 aliphatic carbocycles. The van der Waals surface area contributed by atoms with E-state index in [-0.39, 0.29) is 26.6 Å². The molecule has 9 heteroatoms. The number of aromatic nitrogens is 2. The number of carboxylic acids is 1. The quantitative estimate of drug-likeness (QED) is 0.858. The number of carbonyl (C=O) groups is 1. The minimum atomic E-state index is -1.42. The average Bonchev–Trinajstić information content (AvgIpc) is 2.42. The number of aromatic amines is 1. The number of ether oxygens (including phenoxy) is 1.